The summed E-state index contributed by atoms with van der Waals surface area (Å²) in [7, 11) is 2.36. The smallest absolute Gasteiger partial charge is 0.0472 e. The van der Waals surface area contributed by atoms with Crippen LogP contribution < -0.4 is 5.73 Å². The first-order valence-electron chi connectivity index (χ1n) is 8.04. The number of thioether (sulfide) groups is 1. The zero-order valence-electron chi connectivity index (χ0n) is 13.1. The molecule has 0 aromatic rings. The summed E-state index contributed by atoms with van der Waals surface area (Å²) in [4.78, 5) is 2.70. The highest BCUT2D eigenvalue weighted by atomic mass is 32.2. The predicted molar refractivity (Wildman–Crippen MR) is 86.8 cm³/mol. The van der Waals surface area contributed by atoms with Crippen LogP contribution in [-0.2, 0) is 0 Å². The highest BCUT2D eigenvalue weighted by Gasteiger charge is 2.50. The molecule has 0 amide bonds. The van der Waals surface area contributed by atoms with Crippen LogP contribution in [0.3, 0.4) is 0 Å². The average Bonchev–Trinajstić information content (AvgIpc) is 2.66. The van der Waals surface area contributed by atoms with E-state index >= 15 is 0 Å². The number of nitrogens with zero attached hydrogens (tertiary/aromatic N) is 1. The third kappa shape index (κ3) is 2.98. The molecule has 1 unspecified atom stereocenters. The summed E-state index contributed by atoms with van der Waals surface area (Å²) in [6.45, 7) is 5.68. The average molecular weight is 285 g/mol. The van der Waals surface area contributed by atoms with Gasteiger partial charge in [-0.2, -0.15) is 11.8 Å². The van der Waals surface area contributed by atoms with Gasteiger partial charge >= 0.3 is 0 Å². The Kier molecular flexibility index (Phi) is 5.24. The molecule has 19 heavy (non-hydrogen) atoms. The van der Waals surface area contributed by atoms with Crippen molar-refractivity contribution in [3.63, 3.8) is 0 Å². The zero-order valence-corrected chi connectivity index (χ0v) is 13.9. The molecule has 0 bridgehead atoms. The topological polar surface area (TPSA) is 29.3 Å². The van der Waals surface area contributed by atoms with Crippen molar-refractivity contribution in [2.24, 2.45) is 11.1 Å². The van der Waals surface area contributed by atoms with E-state index in [2.05, 4.69) is 37.6 Å². The molecule has 2 nitrogen and oxygen atoms in total. The van der Waals surface area contributed by atoms with Crippen LogP contribution in [0, 0.1) is 5.41 Å². The van der Waals surface area contributed by atoms with E-state index in [1.54, 1.807) is 0 Å². The van der Waals surface area contributed by atoms with Gasteiger partial charge in [-0.15, -0.1) is 0 Å². The van der Waals surface area contributed by atoms with E-state index in [-0.39, 0.29) is 5.54 Å². The molecule has 0 aromatic carbocycles. The predicted octanol–water partition coefficient (Wildman–Crippen LogP) is 3.50. The maximum Gasteiger partial charge on any atom is 0.0472 e. The zero-order chi connectivity index (χ0) is 13.9. The van der Waals surface area contributed by atoms with Crippen molar-refractivity contribution in [3.8, 4) is 0 Å². The lowest BCUT2D eigenvalue weighted by atomic mass is 9.69. The normalized spacial score (nSPS) is 33.3. The van der Waals surface area contributed by atoms with Crippen molar-refractivity contribution in [2.75, 3.05) is 25.1 Å². The third-order valence-electron chi connectivity index (χ3n) is 5.86. The van der Waals surface area contributed by atoms with Crippen LogP contribution >= 0.6 is 11.8 Å². The molecule has 0 aromatic heterocycles. The van der Waals surface area contributed by atoms with Gasteiger partial charge in [0.15, 0.2) is 0 Å². The molecule has 1 saturated heterocycles. The van der Waals surface area contributed by atoms with E-state index in [1.807, 2.05) is 0 Å². The lowest BCUT2D eigenvalue weighted by Gasteiger charge is -2.56. The molecule has 1 aliphatic carbocycles. The number of likely N-dealkylation sites (N-methyl/N-ethyl adjacent to an activating group) is 1. The first kappa shape index (κ1) is 15.7. The van der Waals surface area contributed by atoms with E-state index in [1.165, 1.54) is 56.5 Å². The van der Waals surface area contributed by atoms with Gasteiger partial charge in [0.25, 0.3) is 0 Å². The fourth-order valence-electron chi connectivity index (χ4n) is 4.05. The van der Waals surface area contributed by atoms with Crippen LogP contribution in [0.1, 0.15) is 58.8 Å². The monoisotopic (exact) mass is 284 g/mol. The molecule has 112 valence electrons. The Morgan fingerprint density at radius 1 is 1.16 bits per heavy atom. The van der Waals surface area contributed by atoms with Gasteiger partial charge in [0, 0.05) is 23.9 Å². The van der Waals surface area contributed by atoms with E-state index in [9.17, 15) is 0 Å². The second-order valence-corrected chi connectivity index (χ2v) is 8.28. The Morgan fingerprint density at radius 3 is 2.32 bits per heavy atom. The van der Waals surface area contributed by atoms with Gasteiger partial charge in [0.1, 0.15) is 0 Å². The van der Waals surface area contributed by atoms with Crippen molar-refractivity contribution in [1.82, 2.24) is 4.90 Å². The quantitative estimate of drug-likeness (QED) is 0.804. The molecular formula is C16H32N2S. The fraction of sp³-hybridized carbons (Fsp3) is 1.00. The van der Waals surface area contributed by atoms with Crippen LogP contribution in [0.5, 0.6) is 0 Å². The molecule has 3 heteroatoms. The highest BCUT2D eigenvalue weighted by molar-refractivity contribution is 7.99. The molecule has 1 aliphatic heterocycles. The molecule has 2 rings (SSSR count). The molecule has 0 radical (unpaired) electrons. The summed E-state index contributed by atoms with van der Waals surface area (Å²) in [5, 5.41) is 0. The van der Waals surface area contributed by atoms with Crippen molar-refractivity contribution in [3.05, 3.63) is 0 Å². The number of rotatable bonds is 3. The minimum absolute atomic E-state index is 0.199. The van der Waals surface area contributed by atoms with Gasteiger partial charge in [0.05, 0.1) is 0 Å². The molecule has 1 atom stereocenters. The molecular weight excluding hydrogens is 252 g/mol. The first-order valence-corrected chi connectivity index (χ1v) is 9.20. The van der Waals surface area contributed by atoms with E-state index < -0.39 is 0 Å². The molecule has 2 fully saturated rings. The summed E-state index contributed by atoms with van der Waals surface area (Å²) in [5.74, 6) is 2.51. The number of hydrogen-bond donors (Lipinski definition) is 1. The van der Waals surface area contributed by atoms with Gasteiger partial charge in [-0.3, -0.25) is 4.90 Å². The van der Waals surface area contributed by atoms with Gasteiger partial charge < -0.3 is 5.73 Å². The van der Waals surface area contributed by atoms with Crippen molar-refractivity contribution < 1.29 is 0 Å². The Bertz CT molecular complexity index is 284. The Balaban J connectivity index is 2.18. The first-order chi connectivity index (χ1) is 9.03. The van der Waals surface area contributed by atoms with Crippen LogP contribution in [0.2, 0.25) is 0 Å². The minimum atomic E-state index is 0.199. The van der Waals surface area contributed by atoms with Crippen LogP contribution in [0.25, 0.3) is 0 Å². The Labute approximate surface area is 123 Å². The van der Waals surface area contributed by atoms with Crippen LogP contribution in [-0.4, -0.2) is 41.6 Å². The summed E-state index contributed by atoms with van der Waals surface area (Å²) < 4.78 is 0. The molecule has 2 N–H and O–H groups in total. The summed E-state index contributed by atoms with van der Waals surface area (Å²) in [6.07, 6.45) is 9.71. The highest BCUT2D eigenvalue weighted by Crippen LogP contribution is 2.46. The maximum atomic E-state index is 6.31. The molecule has 1 heterocycles. The largest absolute Gasteiger partial charge is 0.329 e. The molecule has 2 aliphatic rings. The van der Waals surface area contributed by atoms with Crippen molar-refractivity contribution >= 4 is 11.8 Å². The van der Waals surface area contributed by atoms with Gasteiger partial charge in [-0.25, -0.2) is 0 Å². The maximum absolute atomic E-state index is 6.31. The molecule has 0 spiro atoms. The van der Waals surface area contributed by atoms with Gasteiger partial charge in [0.2, 0.25) is 0 Å². The second kappa shape index (κ2) is 6.36. The summed E-state index contributed by atoms with van der Waals surface area (Å²) in [6, 6.07) is 0.754. The number of hydrogen-bond acceptors (Lipinski definition) is 3. The minimum Gasteiger partial charge on any atom is -0.329 e. The standard InChI is InChI=1S/C16H32N2S/c1-15(2)10-11-19-13-16(15,12-17)18(3)14-8-6-4-5-7-9-14/h14H,4-13,17H2,1-3H3. The summed E-state index contributed by atoms with van der Waals surface area (Å²) in [5.41, 5.74) is 6.85. The van der Waals surface area contributed by atoms with Gasteiger partial charge in [-0.05, 0) is 37.5 Å². The molecule has 1 saturated carbocycles. The lowest BCUT2D eigenvalue weighted by Crippen LogP contribution is -2.66. The second-order valence-electron chi connectivity index (χ2n) is 7.18. The Morgan fingerprint density at radius 2 is 1.79 bits per heavy atom. The van der Waals surface area contributed by atoms with Crippen LogP contribution in [0.4, 0.5) is 0 Å². The van der Waals surface area contributed by atoms with E-state index in [0.717, 1.165) is 12.6 Å². The third-order valence-corrected chi connectivity index (χ3v) is 7.03. The van der Waals surface area contributed by atoms with Crippen molar-refractivity contribution in [2.45, 2.75) is 70.4 Å². The SMILES string of the molecule is CN(C1CCCCCC1)C1(CN)CSCCC1(C)C. The number of nitrogens with two attached hydrogens (primary N) is 1. The van der Waals surface area contributed by atoms with E-state index in [0.29, 0.717) is 5.41 Å². The lowest BCUT2D eigenvalue weighted by molar-refractivity contribution is -0.0127. The van der Waals surface area contributed by atoms with Gasteiger partial charge in [-0.1, -0.05) is 39.5 Å². The van der Waals surface area contributed by atoms with Crippen LogP contribution in [0.15, 0.2) is 0 Å². The van der Waals surface area contributed by atoms with E-state index in [4.69, 9.17) is 5.73 Å². The fourth-order valence-corrected chi connectivity index (χ4v) is 5.90. The van der Waals surface area contributed by atoms with Crippen molar-refractivity contribution in [1.29, 1.82) is 0 Å². The Hall–Kier alpha value is 0.270. The summed E-state index contributed by atoms with van der Waals surface area (Å²) >= 11 is 2.10.